The third kappa shape index (κ3) is 3.23. The Labute approximate surface area is 180 Å². The topological polar surface area (TPSA) is 84.7 Å². The molecule has 0 radical (unpaired) electrons. The van der Waals surface area contributed by atoms with Gasteiger partial charge in [-0.15, -0.1) is 0 Å². The molecule has 1 unspecified atom stereocenters. The van der Waals surface area contributed by atoms with Crippen molar-refractivity contribution >= 4 is 5.78 Å². The maximum Gasteiger partial charge on any atom is 0.162 e. The van der Waals surface area contributed by atoms with E-state index >= 15 is 0 Å². The maximum absolute atomic E-state index is 13.3. The molecule has 1 heterocycles. The van der Waals surface area contributed by atoms with E-state index in [1.165, 1.54) is 51.4 Å². The summed E-state index contributed by atoms with van der Waals surface area (Å²) in [5, 5.41) is 13.2. The highest BCUT2D eigenvalue weighted by atomic mass is 16.1. The number of carbonyl (C=O) groups excluding carboxylic acids is 1. The molecule has 2 N–H and O–H groups in total. The molecule has 1 aromatic heterocycles. The lowest BCUT2D eigenvalue weighted by Gasteiger charge is -2.57. The second kappa shape index (κ2) is 7.19. The van der Waals surface area contributed by atoms with Crippen LogP contribution in [-0.2, 0) is 11.3 Å². The van der Waals surface area contributed by atoms with Crippen molar-refractivity contribution in [1.82, 2.24) is 9.78 Å². The Balaban J connectivity index is 1.30. The van der Waals surface area contributed by atoms with Crippen molar-refractivity contribution in [3.05, 3.63) is 18.0 Å². The van der Waals surface area contributed by atoms with E-state index in [0.29, 0.717) is 23.9 Å². The summed E-state index contributed by atoms with van der Waals surface area (Å²) in [4.78, 5) is 13.3. The fourth-order valence-electron chi connectivity index (χ4n) is 8.44. The van der Waals surface area contributed by atoms with E-state index in [1.807, 2.05) is 0 Å². The smallest absolute Gasteiger partial charge is 0.162 e. The zero-order valence-electron chi connectivity index (χ0n) is 18.5. The highest BCUT2D eigenvalue weighted by Crippen LogP contribution is 2.64. The van der Waals surface area contributed by atoms with E-state index in [0.717, 1.165) is 30.1 Å². The third-order valence-corrected chi connectivity index (χ3v) is 9.76. The van der Waals surface area contributed by atoms with Crippen LogP contribution in [0.4, 0.5) is 0 Å². The van der Waals surface area contributed by atoms with Gasteiger partial charge < -0.3 is 5.73 Å². The van der Waals surface area contributed by atoms with Crippen molar-refractivity contribution in [2.75, 3.05) is 0 Å². The quantitative estimate of drug-likeness (QED) is 0.807. The zero-order chi connectivity index (χ0) is 21.1. The molecule has 5 nitrogen and oxygen atoms in total. The van der Waals surface area contributed by atoms with Crippen molar-refractivity contribution in [2.24, 2.45) is 46.7 Å². The monoisotopic (exact) mass is 408 g/mol. The van der Waals surface area contributed by atoms with Crippen LogP contribution < -0.4 is 5.73 Å². The zero-order valence-corrected chi connectivity index (χ0v) is 18.5. The molecule has 0 amide bonds. The van der Waals surface area contributed by atoms with Crippen LogP contribution in [-0.4, -0.2) is 21.1 Å². The second-order valence-electron chi connectivity index (χ2n) is 11.5. The molecule has 0 bridgehead atoms. The predicted molar refractivity (Wildman–Crippen MR) is 115 cm³/mol. The molecule has 0 aliphatic heterocycles. The van der Waals surface area contributed by atoms with Crippen LogP contribution in [0.15, 0.2) is 12.3 Å². The Morgan fingerprint density at radius 2 is 1.97 bits per heavy atom. The van der Waals surface area contributed by atoms with Crippen LogP contribution in [0.5, 0.6) is 0 Å². The number of carbonyl (C=O) groups is 1. The Bertz CT molecular complexity index is 867. The average Bonchev–Trinajstić information content (AvgIpc) is 3.30. The highest BCUT2D eigenvalue weighted by molar-refractivity contribution is 5.82. The number of fused-ring (bicyclic) bond motifs is 5. The van der Waals surface area contributed by atoms with E-state index in [-0.39, 0.29) is 16.9 Å². The van der Waals surface area contributed by atoms with Gasteiger partial charge in [0.25, 0.3) is 0 Å². The van der Waals surface area contributed by atoms with Crippen LogP contribution in [0, 0.1) is 52.3 Å². The van der Waals surface area contributed by atoms with Gasteiger partial charge in [0.2, 0.25) is 0 Å². The Morgan fingerprint density at radius 3 is 2.73 bits per heavy atom. The number of hydrogen-bond acceptors (Lipinski definition) is 4. The summed E-state index contributed by atoms with van der Waals surface area (Å²) in [6.45, 7) is 4.97. The first-order chi connectivity index (χ1) is 14.3. The predicted octanol–water partition coefficient (Wildman–Crippen LogP) is 4.31. The van der Waals surface area contributed by atoms with E-state index < -0.39 is 0 Å². The summed E-state index contributed by atoms with van der Waals surface area (Å²) in [5.41, 5.74) is 7.10. The van der Waals surface area contributed by atoms with Gasteiger partial charge in [0.1, 0.15) is 6.07 Å². The van der Waals surface area contributed by atoms with Crippen LogP contribution in [0.2, 0.25) is 0 Å². The first-order valence-electron chi connectivity index (χ1n) is 12.1. The molecular formula is C25H36N4O. The van der Waals surface area contributed by atoms with Crippen molar-refractivity contribution in [1.29, 1.82) is 5.26 Å². The molecule has 4 fully saturated rings. The van der Waals surface area contributed by atoms with Gasteiger partial charge in [-0.2, -0.15) is 10.4 Å². The minimum Gasteiger partial charge on any atom is -0.325 e. The molecule has 4 saturated carbocycles. The average molecular weight is 409 g/mol. The lowest BCUT2D eigenvalue weighted by atomic mass is 9.48. The summed E-state index contributed by atoms with van der Waals surface area (Å²) in [6, 6.07) is 3.74. The number of rotatable bonds is 3. The number of nitriles is 1. The molecule has 1 aromatic rings. The summed E-state index contributed by atoms with van der Waals surface area (Å²) < 4.78 is 1.65. The van der Waals surface area contributed by atoms with Gasteiger partial charge in [0.15, 0.2) is 11.5 Å². The molecule has 30 heavy (non-hydrogen) atoms. The molecule has 8 atom stereocenters. The molecule has 162 valence electrons. The van der Waals surface area contributed by atoms with E-state index in [4.69, 9.17) is 11.0 Å². The number of aromatic nitrogens is 2. The van der Waals surface area contributed by atoms with Crippen LogP contribution in [0.25, 0.3) is 0 Å². The van der Waals surface area contributed by atoms with Gasteiger partial charge in [0.05, 0.1) is 6.54 Å². The fourth-order valence-corrected chi connectivity index (χ4v) is 8.44. The Kier molecular flexibility index (Phi) is 4.85. The summed E-state index contributed by atoms with van der Waals surface area (Å²) >= 11 is 0. The SMILES string of the molecule is C[C@@]1(N)CC[C@@H]2C3CC[C@]4(C)[C@@H](C(=O)Cn5ccc(C#N)n5)CC[C@H]4[C@@H]3CC[C@@H]2C1. The van der Waals surface area contributed by atoms with Crippen molar-refractivity contribution in [2.45, 2.75) is 83.7 Å². The van der Waals surface area contributed by atoms with E-state index in [1.54, 1.807) is 16.9 Å². The minimum absolute atomic E-state index is 0.0416. The van der Waals surface area contributed by atoms with Crippen LogP contribution >= 0.6 is 0 Å². The van der Waals surface area contributed by atoms with Crippen molar-refractivity contribution < 1.29 is 4.79 Å². The fraction of sp³-hybridized carbons (Fsp3) is 0.800. The summed E-state index contributed by atoms with van der Waals surface area (Å²) in [5.74, 6) is 4.52. The van der Waals surface area contributed by atoms with Crippen molar-refractivity contribution in [3.63, 3.8) is 0 Å². The number of nitrogens with two attached hydrogens (primary N) is 1. The Hall–Kier alpha value is -1.67. The van der Waals surface area contributed by atoms with Gasteiger partial charge in [-0.25, -0.2) is 0 Å². The standard InChI is InChI=1S/C25H36N4O/c1-24(27)10-7-18-16(13-24)3-4-20-19(18)8-11-25(2)21(20)5-6-22(25)23(30)15-29-12-9-17(14-26)28-29/h9,12,16,18-22H,3-8,10-11,13,15,27H2,1-2H3/t16-,18+,19?,20-,21+,22-,24-,25+/m1/s1. The van der Waals surface area contributed by atoms with Gasteiger partial charge in [-0.05, 0) is 106 Å². The molecule has 0 spiro atoms. The second-order valence-corrected chi connectivity index (χ2v) is 11.5. The molecule has 4 aliphatic carbocycles. The van der Waals surface area contributed by atoms with Crippen LogP contribution in [0.1, 0.15) is 77.3 Å². The van der Waals surface area contributed by atoms with Gasteiger partial charge >= 0.3 is 0 Å². The Morgan fingerprint density at radius 1 is 1.17 bits per heavy atom. The normalized spacial score (nSPS) is 45.1. The molecule has 0 saturated heterocycles. The van der Waals surface area contributed by atoms with Gasteiger partial charge in [-0.3, -0.25) is 9.48 Å². The molecular weight excluding hydrogens is 372 g/mol. The minimum atomic E-state index is 0.0416. The van der Waals surface area contributed by atoms with E-state index in [9.17, 15) is 4.79 Å². The maximum atomic E-state index is 13.3. The molecule has 5 heteroatoms. The summed E-state index contributed by atoms with van der Waals surface area (Å²) in [7, 11) is 0. The van der Waals surface area contributed by atoms with Crippen molar-refractivity contribution in [3.8, 4) is 6.07 Å². The van der Waals surface area contributed by atoms with Gasteiger partial charge in [0, 0.05) is 17.7 Å². The van der Waals surface area contributed by atoms with E-state index in [2.05, 4.69) is 25.0 Å². The molecule has 0 aromatic carbocycles. The molecule has 4 aliphatic rings. The summed E-state index contributed by atoms with van der Waals surface area (Å²) in [6.07, 6.45) is 12.9. The van der Waals surface area contributed by atoms with Gasteiger partial charge in [-0.1, -0.05) is 6.92 Å². The molecule has 5 rings (SSSR count). The first kappa shape index (κ1) is 20.2. The highest BCUT2D eigenvalue weighted by Gasteiger charge is 2.58. The number of hydrogen-bond donors (Lipinski definition) is 1. The largest absolute Gasteiger partial charge is 0.325 e. The van der Waals surface area contributed by atoms with Crippen LogP contribution in [0.3, 0.4) is 0 Å². The number of nitrogens with zero attached hydrogens (tertiary/aromatic N) is 3. The lowest BCUT2D eigenvalue weighted by molar-refractivity contribution is -0.131. The third-order valence-electron chi connectivity index (χ3n) is 9.76. The number of ketones is 1. The number of Topliss-reactive ketones (excluding diaryl/α,β-unsaturated/α-hetero) is 1. The lowest BCUT2D eigenvalue weighted by Crippen LogP contribution is -2.52. The first-order valence-corrected chi connectivity index (χ1v) is 12.1.